The van der Waals surface area contributed by atoms with Crippen LogP contribution >= 0.6 is 11.8 Å². The molecule has 0 bridgehead atoms. The first kappa shape index (κ1) is 22.7. The maximum absolute atomic E-state index is 13.4. The van der Waals surface area contributed by atoms with E-state index in [0.717, 1.165) is 27.4 Å². The standard InChI is InChI=1S/C26H26N2O4S/c1-17-8-4-5-9-19(17)27-25(29)16-28-20-10-6-7-11-23(20)33-24(15-26(28)30)18-12-13-21(31-2)22(14-18)32-3/h4-14,24H,15-16H2,1-3H3,(H,27,29). The quantitative estimate of drug-likeness (QED) is 0.544. The average molecular weight is 463 g/mol. The van der Waals surface area contributed by atoms with Crippen LogP contribution in [0.4, 0.5) is 11.4 Å². The molecule has 1 aliphatic heterocycles. The molecule has 1 heterocycles. The molecule has 3 aromatic rings. The zero-order valence-electron chi connectivity index (χ0n) is 18.8. The summed E-state index contributed by atoms with van der Waals surface area (Å²) in [5.74, 6) is 0.922. The van der Waals surface area contributed by atoms with Crippen LogP contribution in [0.25, 0.3) is 0 Å². The van der Waals surface area contributed by atoms with Crippen molar-refractivity contribution in [2.75, 3.05) is 31.0 Å². The highest BCUT2D eigenvalue weighted by Gasteiger charge is 2.31. The van der Waals surface area contributed by atoms with Crippen LogP contribution in [0.5, 0.6) is 11.5 Å². The summed E-state index contributed by atoms with van der Waals surface area (Å²) < 4.78 is 10.8. The number of aryl methyl sites for hydroxylation is 1. The van der Waals surface area contributed by atoms with Crippen molar-refractivity contribution in [1.29, 1.82) is 0 Å². The lowest BCUT2D eigenvalue weighted by atomic mass is 10.1. The zero-order valence-corrected chi connectivity index (χ0v) is 19.6. The second-order valence-electron chi connectivity index (χ2n) is 7.74. The van der Waals surface area contributed by atoms with E-state index in [9.17, 15) is 9.59 Å². The van der Waals surface area contributed by atoms with Crippen molar-refractivity contribution in [2.45, 2.75) is 23.5 Å². The number of hydrogen-bond acceptors (Lipinski definition) is 5. The molecule has 2 amide bonds. The van der Waals surface area contributed by atoms with Gasteiger partial charge in [-0.3, -0.25) is 9.59 Å². The summed E-state index contributed by atoms with van der Waals surface area (Å²) in [6, 6.07) is 21.0. The van der Waals surface area contributed by atoms with Crippen LogP contribution < -0.4 is 19.7 Å². The maximum atomic E-state index is 13.4. The SMILES string of the molecule is COc1ccc(C2CC(=O)N(CC(=O)Nc3ccccc3C)c3ccccc3S2)cc1OC. The highest BCUT2D eigenvalue weighted by Crippen LogP contribution is 2.46. The summed E-state index contributed by atoms with van der Waals surface area (Å²) in [6.07, 6.45) is 0.256. The lowest BCUT2D eigenvalue weighted by Gasteiger charge is -2.22. The van der Waals surface area contributed by atoms with Gasteiger partial charge in [0.05, 0.1) is 19.9 Å². The van der Waals surface area contributed by atoms with Crippen LogP contribution in [-0.2, 0) is 9.59 Å². The Morgan fingerprint density at radius 1 is 1.03 bits per heavy atom. The summed E-state index contributed by atoms with van der Waals surface area (Å²) in [7, 11) is 3.19. The number of nitrogens with one attached hydrogen (secondary N) is 1. The fourth-order valence-electron chi connectivity index (χ4n) is 3.84. The van der Waals surface area contributed by atoms with E-state index in [2.05, 4.69) is 5.32 Å². The van der Waals surface area contributed by atoms with Crippen molar-refractivity contribution in [1.82, 2.24) is 0 Å². The first-order valence-electron chi connectivity index (χ1n) is 10.6. The first-order valence-corrected chi connectivity index (χ1v) is 11.5. The number of thioether (sulfide) groups is 1. The van der Waals surface area contributed by atoms with Gasteiger partial charge in [-0.15, -0.1) is 11.8 Å². The van der Waals surface area contributed by atoms with Crippen molar-refractivity contribution in [2.24, 2.45) is 0 Å². The fourth-order valence-corrected chi connectivity index (χ4v) is 5.11. The molecule has 3 aromatic carbocycles. The Balaban J connectivity index is 1.60. The Morgan fingerprint density at radius 2 is 1.76 bits per heavy atom. The molecule has 0 fully saturated rings. The maximum Gasteiger partial charge on any atom is 0.244 e. The van der Waals surface area contributed by atoms with Crippen molar-refractivity contribution in [3.63, 3.8) is 0 Å². The minimum Gasteiger partial charge on any atom is -0.493 e. The highest BCUT2D eigenvalue weighted by atomic mass is 32.2. The van der Waals surface area contributed by atoms with Crippen molar-refractivity contribution in [3.05, 3.63) is 77.9 Å². The molecule has 33 heavy (non-hydrogen) atoms. The van der Waals surface area contributed by atoms with E-state index < -0.39 is 0 Å². The molecule has 1 atom stereocenters. The van der Waals surface area contributed by atoms with Gasteiger partial charge < -0.3 is 19.7 Å². The van der Waals surface area contributed by atoms with Crippen molar-refractivity contribution < 1.29 is 19.1 Å². The number of benzene rings is 3. The minimum atomic E-state index is -0.234. The number of carbonyl (C=O) groups excluding carboxylic acids is 2. The monoisotopic (exact) mass is 462 g/mol. The molecule has 0 saturated carbocycles. The van der Waals surface area contributed by atoms with Gasteiger partial charge >= 0.3 is 0 Å². The number of rotatable bonds is 6. The molecule has 0 saturated heterocycles. The summed E-state index contributed by atoms with van der Waals surface area (Å²) in [4.78, 5) is 28.8. The first-order chi connectivity index (χ1) is 16.0. The number of ether oxygens (including phenoxy) is 2. The van der Waals surface area contributed by atoms with Crippen LogP contribution in [0.15, 0.2) is 71.6 Å². The Morgan fingerprint density at radius 3 is 2.52 bits per heavy atom. The van der Waals surface area contributed by atoms with E-state index in [0.29, 0.717) is 11.5 Å². The van der Waals surface area contributed by atoms with Crippen molar-refractivity contribution in [3.8, 4) is 11.5 Å². The molecule has 1 aliphatic rings. The third-order valence-corrected chi connectivity index (χ3v) is 6.91. The fraction of sp³-hybridized carbons (Fsp3) is 0.231. The second kappa shape index (κ2) is 10.0. The average Bonchev–Trinajstić information content (AvgIpc) is 2.96. The Hall–Kier alpha value is -3.45. The Bertz CT molecular complexity index is 1180. The number of carbonyl (C=O) groups is 2. The number of methoxy groups -OCH3 is 2. The summed E-state index contributed by atoms with van der Waals surface area (Å²) in [5, 5.41) is 2.81. The third kappa shape index (κ3) is 4.98. The van der Waals surface area contributed by atoms with Gasteiger partial charge in [-0.05, 0) is 48.4 Å². The summed E-state index contributed by atoms with van der Waals surface area (Å²) >= 11 is 1.61. The van der Waals surface area contributed by atoms with Crippen LogP contribution in [0.1, 0.15) is 22.8 Å². The molecule has 1 unspecified atom stereocenters. The Kier molecular flexibility index (Phi) is 6.89. The molecule has 6 nitrogen and oxygen atoms in total. The lowest BCUT2D eigenvalue weighted by molar-refractivity contribution is -0.121. The molecule has 1 N–H and O–H groups in total. The van der Waals surface area contributed by atoms with E-state index >= 15 is 0 Å². The summed E-state index contributed by atoms with van der Waals surface area (Å²) in [6.45, 7) is 1.88. The normalized spacial score (nSPS) is 15.4. The van der Waals surface area contributed by atoms with Crippen LogP contribution in [0.2, 0.25) is 0 Å². The van der Waals surface area contributed by atoms with Gasteiger partial charge in [-0.2, -0.15) is 0 Å². The molecule has 0 aromatic heterocycles. The van der Waals surface area contributed by atoms with Gasteiger partial charge in [0.1, 0.15) is 6.54 Å². The summed E-state index contributed by atoms with van der Waals surface area (Å²) in [5.41, 5.74) is 3.43. The number of amides is 2. The largest absolute Gasteiger partial charge is 0.493 e. The van der Waals surface area contributed by atoms with Gasteiger partial charge in [-0.25, -0.2) is 0 Å². The van der Waals surface area contributed by atoms with Gasteiger partial charge in [0.15, 0.2) is 11.5 Å². The smallest absolute Gasteiger partial charge is 0.244 e. The number of nitrogens with zero attached hydrogens (tertiary/aromatic N) is 1. The van der Waals surface area contributed by atoms with Gasteiger partial charge in [0.25, 0.3) is 0 Å². The van der Waals surface area contributed by atoms with E-state index in [1.165, 1.54) is 0 Å². The molecule has 170 valence electrons. The highest BCUT2D eigenvalue weighted by molar-refractivity contribution is 7.99. The van der Waals surface area contributed by atoms with Crippen molar-refractivity contribution >= 4 is 35.0 Å². The van der Waals surface area contributed by atoms with Crippen LogP contribution in [-0.4, -0.2) is 32.6 Å². The number of fused-ring (bicyclic) bond motifs is 1. The van der Waals surface area contributed by atoms with E-state index in [1.54, 1.807) is 30.9 Å². The van der Waals surface area contributed by atoms with Gasteiger partial charge in [-0.1, -0.05) is 36.4 Å². The molecule has 4 rings (SSSR count). The minimum absolute atomic E-state index is 0.0522. The third-order valence-electron chi connectivity index (χ3n) is 5.59. The lowest BCUT2D eigenvalue weighted by Crippen LogP contribution is -2.38. The van der Waals surface area contributed by atoms with E-state index in [4.69, 9.17) is 9.47 Å². The van der Waals surface area contributed by atoms with Gasteiger partial charge in [0.2, 0.25) is 11.8 Å². The predicted octanol–water partition coefficient (Wildman–Crippen LogP) is 5.22. The second-order valence-corrected chi connectivity index (χ2v) is 8.98. The van der Waals surface area contributed by atoms with E-state index in [-0.39, 0.29) is 30.0 Å². The Labute approximate surface area is 197 Å². The zero-order chi connectivity index (χ0) is 23.4. The molecule has 0 spiro atoms. The predicted molar refractivity (Wildman–Crippen MR) is 131 cm³/mol. The molecule has 0 radical (unpaired) electrons. The number of anilines is 2. The number of para-hydroxylation sites is 2. The molecule has 7 heteroatoms. The van der Waals surface area contributed by atoms with Crippen LogP contribution in [0.3, 0.4) is 0 Å². The number of hydrogen-bond donors (Lipinski definition) is 1. The van der Waals surface area contributed by atoms with Crippen LogP contribution in [0, 0.1) is 6.92 Å². The molecular weight excluding hydrogens is 436 g/mol. The molecule has 0 aliphatic carbocycles. The molecular formula is C26H26N2O4S. The van der Waals surface area contributed by atoms with Gasteiger partial charge in [0, 0.05) is 22.3 Å². The topological polar surface area (TPSA) is 67.9 Å². The van der Waals surface area contributed by atoms with E-state index in [1.807, 2.05) is 73.7 Å².